The monoisotopic (exact) mass is 253 g/mol. The van der Waals surface area contributed by atoms with Crippen molar-refractivity contribution in [3.8, 4) is 0 Å². The number of hydrogen-bond acceptors (Lipinski definition) is 5. The molecule has 1 aromatic heterocycles. The molecule has 0 spiro atoms. The number of likely N-dealkylation sites (tertiary alicyclic amines) is 1. The maximum atomic E-state index is 11.2. The number of furan rings is 1. The van der Waals surface area contributed by atoms with Crippen molar-refractivity contribution >= 4 is 5.97 Å². The Labute approximate surface area is 106 Å². The third-order valence-corrected chi connectivity index (χ3v) is 3.50. The molecule has 0 unspecified atom stereocenters. The quantitative estimate of drug-likeness (QED) is 0.819. The van der Waals surface area contributed by atoms with Crippen molar-refractivity contribution in [1.82, 2.24) is 4.90 Å². The smallest absolute Gasteiger partial charge is 0.373 e. The summed E-state index contributed by atoms with van der Waals surface area (Å²) in [5.41, 5.74) is -0.586. The van der Waals surface area contributed by atoms with Gasteiger partial charge in [0.15, 0.2) is 0 Å². The molecule has 2 rings (SSSR count). The summed E-state index contributed by atoms with van der Waals surface area (Å²) in [6, 6.07) is 3.37. The number of rotatable bonds is 4. The van der Waals surface area contributed by atoms with Gasteiger partial charge in [0.25, 0.3) is 0 Å². The Morgan fingerprint density at radius 3 is 2.78 bits per heavy atom. The van der Waals surface area contributed by atoms with Gasteiger partial charge in [-0.15, -0.1) is 0 Å². The molecule has 0 aliphatic carbocycles. The van der Waals surface area contributed by atoms with Crippen LogP contribution in [0.3, 0.4) is 0 Å². The van der Waals surface area contributed by atoms with Crippen LogP contribution in [0.15, 0.2) is 16.5 Å². The predicted octanol–water partition coefficient (Wildman–Crippen LogP) is 1.27. The molecule has 0 amide bonds. The first-order valence-electron chi connectivity index (χ1n) is 6.06. The minimum absolute atomic E-state index is 0.215. The fraction of sp³-hybridized carbons (Fsp3) is 0.615. The van der Waals surface area contributed by atoms with Gasteiger partial charge in [-0.2, -0.15) is 0 Å². The molecule has 1 fully saturated rings. The number of esters is 1. The third-order valence-electron chi connectivity index (χ3n) is 3.50. The van der Waals surface area contributed by atoms with E-state index in [1.807, 2.05) is 13.8 Å². The van der Waals surface area contributed by atoms with E-state index in [4.69, 9.17) is 4.42 Å². The summed E-state index contributed by atoms with van der Waals surface area (Å²) in [7, 11) is 1.32. The average molecular weight is 253 g/mol. The second kappa shape index (κ2) is 4.74. The summed E-state index contributed by atoms with van der Waals surface area (Å²) in [5.74, 6) is 0.702. The van der Waals surface area contributed by atoms with Crippen LogP contribution in [-0.4, -0.2) is 41.8 Å². The summed E-state index contributed by atoms with van der Waals surface area (Å²) < 4.78 is 9.95. The molecule has 5 heteroatoms. The van der Waals surface area contributed by atoms with Gasteiger partial charge in [0.05, 0.1) is 19.3 Å². The molecule has 0 bridgehead atoms. The Balaban J connectivity index is 1.89. The molecule has 1 aliphatic rings. The third kappa shape index (κ3) is 2.42. The fourth-order valence-electron chi connectivity index (χ4n) is 2.10. The van der Waals surface area contributed by atoms with E-state index in [0.29, 0.717) is 25.4 Å². The van der Waals surface area contributed by atoms with Crippen LogP contribution in [0.4, 0.5) is 0 Å². The largest absolute Gasteiger partial charge is 0.463 e. The highest BCUT2D eigenvalue weighted by Gasteiger charge is 2.43. The summed E-state index contributed by atoms with van der Waals surface area (Å²) >= 11 is 0. The number of carbonyl (C=O) groups excluding carboxylic acids is 1. The second-order valence-electron chi connectivity index (χ2n) is 5.16. The molecular formula is C13H19NO4. The molecule has 2 heterocycles. The molecule has 0 atom stereocenters. The minimum Gasteiger partial charge on any atom is -0.463 e. The summed E-state index contributed by atoms with van der Waals surface area (Å²) in [6.07, 6.45) is 0. The highest BCUT2D eigenvalue weighted by atomic mass is 16.5. The van der Waals surface area contributed by atoms with Crippen LogP contribution in [-0.2, 0) is 11.3 Å². The first-order chi connectivity index (χ1) is 8.44. The van der Waals surface area contributed by atoms with Crippen LogP contribution in [0.25, 0.3) is 0 Å². The van der Waals surface area contributed by atoms with Crippen LogP contribution in [0.1, 0.15) is 30.2 Å². The molecule has 1 saturated heterocycles. The van der Waals surface area contributed by atoms with Crippen LogP contribution in [0, 0.1) is 5.92 Å². The Morgan fingerprint density at radius 1 is 1.56 bits per heavy atom. The van der Waals surface area contributed by atoms with Crippen molar-refractivity contribution in [3.05, 3.63) is 23.7 Å². The molecule has 0 saturated carbocycles. The lowest BCUT2D eigenvalue weighted by Crippen LogP contribution is -2.63. The SMILES string of the molecule is COC(=O)c1ccc(CN2CC(O)(C(C)C)C2)o1. The lowest BCUT2D eigenvalue weighted by molar-refractivity contribution is -0.132. The van der Waals surface area contributed by atoms with Gasteiger partial charge in [0.1, 0.15) is 5.76 Å². The van der Waals surface area contributed by atoms with Crippen LogP contribution in [0.5, 0.6) is 0 Å². The zero-order chi connectivity index (χ0) is 13.3. The predicted molar refractivity (Wildman–Crippen MR) is 65.1 cm³/mol. The van der Waals surface area contributed by atoms with Gasteiger partial charge in [0, 0.05) is 13.1 Å². The standard InChI is InChI=1S/C13H19NO4/c1-9(2)13(16)7-14(8-13)6-10-4-5-11(18-10)12(15)17-3/h4-5,9,16H,6-8H2,1-3H3. The maximum Gasteiger partial charge on any atom is 0.373 e. The second-order valence-corrected chi connectivity index (χ2v) is 5.16. The van der Waals surface area contributed by atoms with Crippen molar-refractivity contribution in [3.63, 3.8) is 0 Å². The van der Waals surface area contributed by atoms with E-state index < -0.39 is 11.6 Å². The fourth-order valence-corrected chi connectivity index (χ4v) is 2.10. The lowest BCUT2D eigenvalue weighted by atomic mass is 9.83. The maximum absolute atomic E-state index is 11.2. The number of β-amino-alcohol motifs (C(OH)–C–C–N with tert-alkyl or cyclic N) is 1. The van der Waals surface area contributed by atoms with Gasteiger partial charge < -0.3 is 14.3 Å². The van der Waals surface area contributed by atoms with E-state index >= 15 is 0 Å². The molecule has 1 aromatic rings. The average Bonchev–Trinajstić information content (AvgIpc) is 2.74. The van der Waals surface area contributed by atoms with Crippen LogP contribution < -0.4 is 0 Å². The summed E-state index contributed by atoms with van der Waals surface area (Å²) in [5, 5.41) is 10.1. The van der Waals surface area contributed by atoms with Gasteiger partial charge >= 0.3 is 5.97 Å². The molecule has 5 nitrogen and oxygen atoms in total. The van der Waals surface area contributed by atoms with Gasteiger partial charge in [-0.3, -0.25) is 4.90 Å². The zero-order valence-electron chi connectivity index (χ0n) is 11.0. The van der Waals surface area contributed by atoms with Gasteiger partial charge in [-0.25, -0.2) is 4.79 Å². The normalized spacial score (nSPS) is 18.7. The summed E-state index contributed by atoms with van der Waals surface area (Å²) in [6.45, 7) is 5.91. The van der Waals surface area contributed by atoms with E-state index in [2.05, 4.69) is 9.64 Å². The molecule has 0 aromatic carbocycles. The van der Waals surface area contributed by atoms with E-state index in [1.54, 1.807) is 12.1 Å². The number of carbonyl (C=O) groups is 1. The minimum atomic E-state index is -0.586. The molecule has 1 N–H and O–H groups in total. The first-order valence-corrected chi connectivity index (χ1v) is 6.06. The van der Waals surface area contributed by atoms with Crippen molar-refractivity contribution in [2.24, 2.45) is 5.92 Å². The van der Waals surface area contributed by atoms with Crippen molar-refractivity contribution in [1.29, 1.82) is 0 Å². The molecule has 0 radical (unpaired) electrons. The zero-order valence-corrected chi connectivity index (χ0v) is 11.0. The topological polar surface area (TPSA) is 62.9 Å². The van der Waals surface area contributed by atoms with E-state index in [1.165, 1.54) is 7.11 Å². The molecule has 100 valence electrons. The number of methoxy groups -OCH3 is 1. The summed E-state index contributed by atoms with van der Waals surface area (Å²) in [4.78, 5) is 13.3. The number of ether oxygens (including phenoxy) is 1. The van der Waals surface area contributed by atoms with E-state index in [9.17, 15) is 9.90 Å². The van der Waals surface area contributed by atoms with Crippen molar-refractivity contribution < 1.29 is 19.1 Å². The number of aliphatic hydroxyl groups is 1. The van der Waals surface area contributed by atoms with Gasteiger partial charge in [0.2, 0.25) is 5.76 Å². The van der Waals surface area contributed by atoms with Gasteiger partial charge in [-0.1, -0.05) is 13.8 Å². The van der Waals surface area contributed by atoms with Gasteiger partial charge in [-0.05, 0) is 18.1 Å². The number of hydrogen-bond donors (Lipinski definition) is 1. The van der Waals surface area contributed by atoms with Crippen LogP contribution in [0.2, 0.25) is 0 Å². The van der Waals surface area contributed by atoms with Crippen molar-refractivity contribution in [2.45, 2.75) is 26.0 Å². The highest BCUT2D eigenvalue weighted by molar-refractivity contribution is 5.86. The number of nitrogens with zero attached hydrogens (tertiary/aromatic N) is 1. The Kier molecular flexibility index (Phi) is 3.45. The Hall–Kier alpha value is -1.33. The van der Waals surface area contributed by atoms with Crippen molar-refractivity contribution in [2.75, 3.05) is 20.2 Å². The van der Waals surface area contributed by atoms with E-state index in [0.717, 1.165) is 0 Å². The lowest BCUT2D eigenvalue weighted by Gasteiger charge is -2.48. The first kappa shape index (κ1) is 13.1. The highest BCUT2D eigenvalue weighted by Crippen LogP contribution is 2.29. The Bertz CT molecular complexity index is 432. The van der Waals surface area contributed by atoms with E-state index in [-0.39, 0.29) is 11.7 Å². The molecule has 1 aliphatic heterocycles. The van der Waals surface area contributed by atoms with Crippen LogP contribution >= 0.6 is 0 Å². The Morgan fingerprint density at radius 2 is 2.22 bits per heavy atom. The molecular weight excluding hydrogens is 234 g/mol. The molecule has 18 heavy (non-hydrogen) atoms.